The number of halogens is 1. The zero-order valence-electron chi connectivity index (χ0n) is 14.9. The third-order valence-corrected chi connectivity index (χ3v) is 6.62. The molecular formula is C19H18FN3O4S. The predicted molar refractivity (Wildman–Crippen MR) is 98.3 cm³/mol. The number of benzene rings is 1. The van der Waals surface area contributed by atoms with E-state index in [1.165, 1.54) is 18.2 Å². The van der Waals surface area contributed by atoms with Crippen molar-refractivity contribution in [3.8, 4) is 0 Å². The molecule has 1 atom stereocenters. The third-order valence-electron chi connectivity index (χ3n) is 4.68. The minimum atomic E-state index is -4.13. The molecule has 3 heterocycles. The van der Waals surface area contributed by atoms with E-state index in [0.717, 1.165) is 16.0 Å². The van der Waals surface area contributed by atoms with E-state index in [1.54, 1.807) is 10.6 Å². The second-order valence-corrected chi connectivity index (χ2v) is 8.37. The molecule has 1 aromatic carbocycles. The van der Waals surface area contributed by atoms with Crippen molar-refractivity contribution in [3.05, 3.63) is 66.4 Å². The molecule has 0 spiro atoms. The van der Waals surface area contributed by atoms with Crippen molar-refractivity contribution in [3.63, 3.8) is 0 Å². The fourth-order valence-corrected chi connectivity index (χ4v) is 5.06. The molecule has 0 bridgehead atoms. The Morgan fingerprint density at radius 2 is 2.00 bits per heavy atom. The SMILES string of the molecule is O=C(OCc1cn2ccccc2n1)[C@@H]1CCCN1S(=O)(=O)c1ccccc1F. The number of fused-ring (bicyclic) bond motifs is 1. The highest BCUT2D eigenvalue weighted by atomic mass is 32.2. The zero-order chi connectivity index (χ0) is 19.7. The second kappa shape index (κ2) is 7.33. The topological polar surface area (TPSA) is 81.0 Å². The molecule has 0 saturated carbocycles. The van der Waals surface area contributed by atoms with Gasteiger partial charge in [-0.25, -0.2) is 17.8 Å². The van der Waals surface area contributed by atoms with E-state index in [4.69, 9.17) is 4.74 Å². The largest absolute Gasteiger partial charge is 0.458 e. The molecule has 0 radical (unpaired) electrons. The van der Waals surface area contributed by atoms with E-state index in [1.807, 2.05) is 24.4 Å². The summed E-state index contributed by atoms with van der Waals surface area (Å²) in [6, 6.07) is 9.70. The van der Waals surface area contributed by atoms with E-state index in [0.29, 0.717) is 18.5 Å². The Morgan fingerprint density at radius 1 is 1.21 bits per heavy atom. The standard InChI is InChI=1S/C19H18FN3O4S/c20-15-6-1-2-8-17(15)28(25,26)23-11-5-7-16(23)19(24)27-13-14-12-22-10-4-3-9-18(22)21-14/h1-4,6,8-10,12,16H,5,7,11,13H2/t16-/m0/s1. The van der Waals surface area contributed by atoms with Gasteiger partial charge in [-0.1, -0.05) is 18.2 Å². The summed E-state index contributed by atoms with van der Waals surface area (Å²) in [5.41, 5.74) is 1.28. The first-order valence-corrected chi connectivity index (χ1v) is 10.3. The number of aromatic nitrogens is 2. The molecule has 0 aliphatic carbocycles. The third kappa shape index (κ3) is 3.38. The van der Waals surface area contributed by atoms with Crippen LogP contribution in [0.4, 0.5) is 4.39 Å². The van der Waals surface area contributed by atoms with Crippen LogP contribution < -0.4 is 0 Å². The number of hydrogen-bond acceptors (Lipinski definition) is 5. The number of imidazole rings is 1. The number of carbonyl (C=O) groups excluding carboxylic acids is 1. The molecular weight excluding hydrogens is 385 g/mol. The predicted octanol–water partition coefficient (Wildman–Crippen LogP) is 2.37. The summed E-state index contributed by atoms with van der Waals surface area (Å²) >= 11 is 0. The van der Waals surface area contributed by atoms with Crippen molar-refractivity contribution in [2.75, 3.05) is 6.54 Å². The molecule has 28 heavy (non-hydrogen) atoms. The lowest BCUT2D eigenvalue weighted by molar-refractivity contribution is -0.148. The lowest BCUT2D eigenvalue weighted by atomic mass is 10.2. The number of esters is 1. The van der Waals surface area contributed by atoms with Crippen LogP contribution in [0.1, 0.15) is 18.5 Å². The Labute approximate surface area is 161 Å². The van der Waals surface area contributed by atoms with E-state index >= 15 is 0 Å². The van der Waals surface area contributed by atoms with Crippen LogP contribution >= 0.6 is 0 Å². The fourth-order valence-electron chi connectivity index (χ4n) is 3.34. The van der Waals surface area contributed by atoms with Crippen LogP contribution in [0.3, 0.4) is 0 Å². The Kier molecular flexibility index (Phi) is 4.86. The van der Waals surface area contributed by atoms with Crippen LogP contribution in [0.2, 0.25) is 0 Å². The molecule has 3 aromatic rings. The summed E-state index contributed by atoms with van der Waals surface area (Å²) in [5, 5.41) is 0. The maximum Gasteiger partial charge on any atom is 0.324 e. The van der Waals surface area contributed by atoms with Gasteiger partial charge in [0.05, 0.1) is 5.69 Å². The van der Waals surface area contributed by atoms with Crippen molar-refractivity contribution < 1.29 is 22.3 Å². The number of pyridine rings is 1. The molecule has 4 rings (SSSR count). The molecule has 1 aliphatic rings. The van der Waals surface area contributed by atoms with Gasteiger partial charge in [-0.2, -0.15) is 4.31 Å². The van der Waals surface area contributed by atoms with Gasteiger partial charge in [0.25, 0.3) is 0 Å². The van der Waals surface area contributed by atoms with Crippen LogP contribution in [-0.4, -0.2) is 40.7 Å². The van der Waals surface area contributed by atoms with Gasteiger partial charge in [0.2, 0.25) is 10.0 Å². The first-order valence-electron chi connectivity index (χ1n) is 8.82. The van der Waals surface area contributed by atoms with Gasteiger partial charge in [0, 0.05) is 18.9 Å². The van der Waals surface area contributed by atoms with Crippen molar-refractivity contribution >= 4 is 21.6 Å². The number of ether oxygens (including phenoxy) is 1. The summed E-state index contributed by atoms with van der Waals surface area (Å²) in [6.07, 6.45) is 4.40. The zero-order valence-corrected chi connectivity index (χ0v) is 15.7. The summed E-state index contributed by atoms with van der Waals surface area (Å²) < 4.78 is 47.8. The minimum absolute atomic E-state index is 0.0649. The highest BCUT2D eigenvalue weighted by Crippen LogP contribution is 2.28. The molecule has 1 aliphatic heterocycles. The lowest BCUT2D eigenvalue weighted by Crippen LogP contribution is -2.41. The van der Waals surface area contributed by atoms with E-state index < -0.39 is 32.7 Å². The lowest BCUT2D eigenvalue weighted by Gasteiger charge is -2.22. The first kappa shape index (κ1) is 18.6. The van der Waals surface area contributed by atoms with Gasteiger partial charge in [-0.3, -0.25) is 4.79 Å². The highest BCUT2D eigenvalue weighted by Gasteiger charge is 2.41. The average Bonchev–Trinajstić information content (AvgIpc) is 3.33. The Morgan fingerprint density at radius 3 is 2.79 bits per heavy atom. The van der Waals surface area contributed by atoms with Crippen molar-refractivity contribution in [1.29, 1.82) is 0 Å². The van der Waals surface area contributed by atoms with Crippen LogP contribution in [-0.2, 0) is 26.2 Å². The maximum absolute atomic E-state index is 14.0. The molecule has 1 fully saturated rings. The second-order valence-electron chi connectivity index (χ2n) is 6.51. The van der Waals surface area contributed by atoms with Crippen LogP contribution in [0, 0.1) is 5.82 Å². The average molecular weight is 403 g/mol. The van der Waals surface area contributed by atoms with Crippen LogP contribution in [0.15, 0.2) is 59.8 Å². The minimum Gasteiger partial charge on any atom is -0.458 e. The Balaban J connectivity index is 1.49. The monoisotopic (exact) mass is 403 g/mol. The highest BCUT2D eigenvalue weighted by molar-refractivity contribution is 7.89. The number of hydrogen-bond donors (Lipinski definition) is 0. The van der Waals surface area contributed by atoms with E-state index in [2.05, 4.69) is 4.98 Å². The summed E-state index contributed by atoms with van der Waals surface area (Å²) in [6.45, 7) is 0.0788. The van der Waals surface area contributed by atoms with Crippen LogP contribution in [0.25, 0.3) is 5.65 Å². The number of carbonyl (C=O) groups is 1. The van der Waals surface area contributed by atoms with Gasteiger partial charge < -0.3 is 9.14 Å². The fraction of sp³-hybridized carbons (Fsp3) is 0.263. The van der Waals surface area contributed by atoms with Gasteiger partial charge in [-0.15, -0.1) is 0 Å². The molecule has 9 heteroatoms. The number of rotatable bonds is 5. The smallest absolute Gasteiger partial charge is 0.324 e. The quantitative estimate of drug-likeness (QED) is 0.611. The van der Waals surface area contributed by atoms with Crippen molar-refractivity contribution in [2.45, 2.75) is 30.4 Å². The molecule has 0 unspecified atom stereocenters. The van der Waals surface area contributed by atoms with Gasteiger partial charge >= 0.3 is 5.97 Å². The van der Waals surface area contributed by atoms with Crippen molar-refractivity contribution in [2.24, 2.45) is 0 Å². The molecule has 0 amide bonds. The number of sulfonamides is 1. The van der Waals surface area contributed by atoms with Crippen molar-refractivity contribution in [1.82, 2.24) is 13.7 Å². The van der Waals surface area contributed by atoms with Gasteiger partial charge in [0.1, 0.15) is 29.0 Å². The first-order chi connectivity index (χ1) is 13.5. The molecule has 0 N–H and O–H groups in total. The Bertz CT molecular complexity index is 1100. The van der Waals surface area contributed by atoms with Gasteiger partial charge in [0.15, 0.2) is 0 Å². The molecule has 146 valence electrons. The van der Waals surface area contributed by atoms with Gasteiger partial charge in [-0.05, 0) is 37.1 Å². The Hall–Kier alpha value is -2.78. The molecule has 1 saturated heterocycles. The molecule has 7 nitrogen and oxygen atoms in total. The summed E-state index contributed by atoms with van der Waals surface area (Å²) in [5.74, 6) is -1.50. The van der Waals surface area contributed by atoms with Crippen LogP contribution in [0.5, 0.6) is 0 Å². The summed E-state index contributed by atoms with van der Waals surface area (Å²) in [4.78, 5) is 16.5. The summed E-state index contributed by atoms with van der Waals surface area (Å²) in [7, 11) is -4.13. The maximum atomic E-state index is 14.0. The van der Waals surface area contributed by atoms with E-state index in [-0.39, 0.29) is 13.2 Å². The normalized spacial score (nSPS) is 17.8. The number of nitrogens with zero attached hydrogens (tertiary/aromatic N) is 3. The molecule has 2 aromatic heterocycles. The van der Waals surface area contributed by atoms with E-state index in [9.17, 15) is 17.6 Å².